The van der Waals surface area contributed by atoms with Gasteiger partial charge in [-0.05, 0) is 45.5 Å². The molecule has 0 saturated carbocycles. The van der Waals surface area contributed by atoms with Crippen LogP contribution in [0.3, 0.4) is 0 Å². The van der Waals surface area contributed by atoms with Gasteiger partial charge in [0, 0.05) is 38.2 Å². The fraction of sp³-hybridized carbons (Fsp3) is 0. The van der Waals surface area contributed by atoms with Gasteiger partial charge in [0.2, 0.25) is 0 Å². The predicted octanol–water partition coefficient (Wildman–Crippen LogP) is 11.4. The minimum atomic E-state index is 0.905. The van der Waals surface area contributed by atoms with Crippen molar-refractivity contribution in [2.75, 3.05) is 0 Å². The first kappa shape index (κ1) is 23.9. The predicted molar refractivity (Wildman–Crippen MR) is 180 cm³/mol. The second kappa shape index (κ2) is 9.40. The smallest absolute Gasteiger partial charge is 0.143 e. The maximum absolute atomic E-state index is 6.41. The Bertz CT molecular complexity index is 2510. The zero-order chi connectivity index (χ0) is 28.3. The van der Waals surface area contributed by atoms with E-state index in [1.807, 2.05) is 12.1 Å². The van der Waals surface area contributed by atoms with Crippen LogP contribution in [0.1, 0.15) is 0 Å². The highest BCUT2D eigenvalue weighted by Crippen LogP contribution is 2.41. The fourth-order valence-corrected chi connectivity index (χ4v) is 6.67. The Kier molecular flexibility index (Phi) is 5.23. The molecule has 0 aliphatic rings. The van der Waals surface area contributed by atoms with Gasteiger partial charge >= 0.3 is 0 Å². The molecule has 0 N–H and O–H groups in total. The molecular formula is C41H25NO. The van der Waals surface area contributed by atoms with Crippen molar-refractivity contribution in [1.82, 2.24) is 4.98 Å². The Hall–Kier alpha value is -5.73. The van der Waals surface area contributed by atoms with E-state index in [0.29, 0.717) is 0 Å². The Labute approximate surface area is 248 Å². The van der Waals surface area contributed by atoms with E-state index in [9.17, 15) is 0 Å². The van der Waals surface area contributed by atoms with Crippen molar-refractivity contribution in [3.8, 4) is 33.5 Å². The van der Waals surface area contributed by atoms with E-state index in [1.54, 1.807) is 0 Å². The van der Waals surface area contributed by atoms with Crippen LogP contribution < -0.4 is 0 Å². The number of furan rings is 1. The second-order valence-electron chi connectivity index (χ2n) is 11.1. The highest BCUT2D eigenvalue weighted by atomic mass is 16.3. The number of fused-ring (bicyclic) bond motifs is 9. The van der Waals surface area contributed by atoms with Crippen molar-refractivity contribution < 1.29 is 4.42 Å². The highest BCUT2D eigenvalue weighted by Gasteiger charge is 2.18. The van der Waals surface area contributed by atoms with Crippen LogP contribution >= 0.6 is 0 Å². The lowest BCUT2D eigenvalue weighted by atomic mass is 9.91. The summed E-state index contributed by atoms with van der Waals surface area (Å²) in [6.45, 7) is 0. The third-order valence-corrected chi connectivity index (χ3v) is 8.65. The van der Waals surface area contributed by atoms with Crippen molar-refractivity contribution in [3.63, 3.8) is 0 Å². The quantitative estimate of drug-likeness (QED) is 0.206. The van der Waals surface area contributed by atoms with Gasteiger partial charge in [0.25, 0.3) is 0 Å². The Morgan fingerprint density at radius 1 is 0.372 bits per heavy atom. The van der Waals surface area contributed by atoms with Crippen LogP contribution in [0.4, 0.5) is 0 Å². The largest absolute Gasteiger partial charge is 0.455 e. The van der Waals surface area contributed by atoms with Crippen LogP contribution in [0, 0.1) is 0 Å². The molecule has 0 aliphatic heterocycles. The third-order valence-electron chi connectivity index (χ3n) is 8.65. The van der Waals surface area contributed by atoms with Crippen molar-refractivity contribution >= 4 is 54.4 Å². The number of nitrogens with zero attached hydrogens (tertiary/aromatic N) is 1. The zero-order valence-electron chi connectivity index (χ0n) is 23.3. The molecule has 43 heavy (non-hydrogen) atoms. The van der Waals surface area contributed by atoms with Gasteiger partial charge in [-0.1, -0.05) is 133 Å². The topological polar surface area (TPSA) is 26.0 Å². The number of para-hydroxylation sites is 2. The highest BCUT2D eigenvalue weighted by molar-refractivity contribution is 6.25. The lowest BCUT2D eigenvalue weighted by molar-refractivity contribution is 0.670. The third kappa shape index (κ3) is 3.70. The minimum absolute atomic E-state index is 0.905. The summed E-state index contributed by atoms with van der Waals surface area (Å²) in [4.78, 5) is 5.51. The molecule has 2 aromatic heterocycles. The summed E-state index contributed by atoms with van der Waals surface area (Å²) in [5.41, 5.74) is 9.33. The molecule has 2 heterocycles. The lowest BCUT2D eigenvalue weighted by Crippen LogP contribution is -1.94. The van der Waals surface area contributed by atoms with Gasteiger partial charge in [-0.3, -0.25) is 0 Å². The number of hydrogen-bond donors (Lipinski definition) is 0. The van der Waals surface area contributed by atoms with E-state index in [0.717, 1.165) is 61.0 Å². The standard InChI is InChI=1S/C41H25NO/c1-2-12-26(13-3-1)36-25-37-32-18-5-4-16-30(32)31-17-6-7-20-34(31)40(37)42-39(36)28-15-10-14-27(24-28)29-21-11-22-35-33-19-8-9-23-38(33)43-41(29)35/h1-25H. The maximum atomic E-state index is 6.41. The molecule has 0 radical (unpaired) electrons. The van der Waals surface area contributed by atoms with Crippen LogP contribution in [0.2, 0.25) is 0 Å². The molecule has 0 spiro atoms. The average molecular weight is 548 g/mol. The molecule has 9 aromatic rings. The van der Waals surface area contributed by atoms with Gasteiger partial charge in [-0.2, -0.15) is 0 Å². The summed E-state index contributed by atoms with van der Waals surface area (Å²) in [7, 11) is 0. The lowest BCUT2D eigenvalue weighted by Gasteiger charge is -2.16. The first-order chi connectivity index (χ1) is 21.3. The molecule has 0 fully saturated rings. The van der Waals surface area contributed by atoms with E-state index in [2.05, 4.69) is 140 Å². The van der Waals surface area contributed by atoms with E-state index in [1.165, 1.54) is 26.9 Å². The van der Waals surface area contributed by atoms with Crippen LogP contribution in [-0.2, 0) is 0 Å². The molecule has 0 atom stereocenters. The molecule has 0 saturated heterocycles. The monoisotopic (exact) mass is 547 g/mol. The molecular weight excluding hydrogens is 522 g/mol. The average Bonchev–Trinajstić information content (AvgIpc) is 3.47. The van der Waals surface area contributed by atoms with E-state index in [4.69, 9.17) is 9.40 Å². The van der Waals surface area contributed by atoms with Crippen LogP contribution in [0.5, 0.6) is 0 Å². The molecule has 0 unspecified atom stereocenters. The summed E-state index contributed by atoms with van der Waals surface area (Å²) < 4.78 is 6.41. The molecule has 0 aliphatic carbocycles. The second-order valence-corrected chi connectivity index (χ2v) is 11.1. The van der Waals surface area contributed by atoms with Gasteiger partial charge in [0.05, 0.1) is 11.2 Å². The fourth-order valence-electron chi connectivity index (χ4n) is 6.67. The van der Waals surface area contributed by atoms with Gasteiger partial charge in [0.15, 0.2) is 0 Å². The van der Waals surface area contributed by atoms with Gasteiger partial charge in [-0.25, -0.2) is 4.98 Å². The van der Waals surface area contributed by atoms with Crippen molar-refractivity contribution in [2.45, 2.75) is 0 Å². The zero-order valence-corrected chi connectivity index (χ0v) is 23.3. The molecule has 0 bridgehead atoms. The van der Waals surface area contributed by atoms with Crippen LogP contribution in [0.25, 0.3) is 87.9 Å². The van der Waals surface area contributed by atoms with Crippen LogP contribution in [-0.4, -0.2) is 4.98 Å². The first-order valence-corrected chi connectivity index (χ1v) is 14.6. The van der Waals surface area contributed by atoms with Gasteiger partial charge in [0.1, 0.15) is 11.2 Å². The van der Waals surface area contributed by atoms with E-state index < -0.39 is 0 Å². The van der Waals surface area contributed by atoms with E-state index in [-0.39, 0.29) is 0 Å². The van der Waals surface area contributed by atoms with Crippen molar-refractivity contribution in [1.29, 1.82) is 0 Å². The Morgan fingerprint density at radius 2 is 0.953 bits per heavy atom. The normalized spacial score (nSPS) is 11.7. The number of hydrogen-bond acceptors (Lipinski definition) is 2. The molecule has 0 amide bonds. The number of pyridine rings is 1. The summed E-state index contributed by atoms with van der Waals surface area (Å²) in [6.07, 6.45) is 0. The minimum Gasteiger partial charge on any atom is -0.455 e. The maximum Gasteiger partial charge on any atom is 0.143 e. The Balaban J connectivity index is 1.34. The van der Waals surface area contributed by atoms with Gasteiger partial charge < -0.3 is 4.42 Å². The van der Waals surface area contributed by atoms with E-state index >= 15 is 0 Å². The Morgan fingerprint density at radius 3 is 1.77 bits per heavy atom. The van der Waals surface area contributed by atoms with Crippen molar-refractivity contribution in [2.24, 2.45) is 0 Å². The SMILES string of the molecule is c1ccc(-c2cc3c4ccccc4c4ccccc4c3nc2-c2cccc(-c3cccc4c3oc3ccccc34)c2)cc1. The molecule has 200 valence electrons. The van der Waals surface area contributed by atoms with Gasteiger partial charge in [-0.15, -0.1) is 0 Å². The summed E-state index contributed by atoms with van der Waals surface area (Å²) in [5, 5.41) is 8.29. The number of aromatic nitrogens is 1. The molecule has 9 rings (SSSR count). The van der Waals surface area contributed by atoms with Crippen molar-refractivity contribution in [3.05, 3.63) is 152 Å². The molecule has 2 heteroatoms. The number of rotatable bonds is 3. The summed E-state index contributed by atoms with van der Waals surface area (Å²) in [5.74, 6) is 0. The molecule has 2 nitrogen and oxygen atoms in total. The summed E-state index contributed by atoms with van der Waals surface area (Å²) in [6, 6.07) is 53.6. The number of benzene rings is 7. The summed E-state index contributed by atoms with van der Waals surface area (Å²) >= 11 is 0. The van der Waals surface area contributed by atoms with Crippen LogP contribution in [0.15, 0.2) is 156 Å². The molecule has 7 aromatic carbocycles. The first-order valence-electron chi connectivity index (χ1n) is 14.6.